The van der Waals surface area contributed by atoms with E-state index >= 15 is 0 Å². The number of hydrogen-bond donors (Lipinski definition) is 1. The third-order valence-electron chi connectivity index (χ3n) is 5.33. The number of nitrogens with zero attached hydrogens (tertiary/aromatic N) is 2. The van der Waals surface area contributed by atoms with E-state index in [2.05, 4.69) is 27.9 Å². The Morgan fingerprint density at radius 1 is 1.29 bits per heavy atom. The topological polar surface area (TPSA) is 39.3 Å². The third kappa shape index (κ3) is 3.49. The number of rotatable bonds is 3. The van der Waals surface area contributed by atoms with Crippen LogP contribution >= 0.6 is 0 Å². The SMILES string of the molecule is CN1CCC2(CCCN(C(=O)CCc3ccc[nH]3)C2)CC1. The molecule has 3 heterocycles. The highest BCUT2D eigenvalue weighted by atomic mass is 16.2. The van der Waals surface area contributed by atoms with Crippen LogP contribution in [0.15, 0.2) is 18.3 Å². The highest BCUT2D eigenvalue weighted by molar-refractivity contribution is 5.76. The molecule has 1 spiro atoms. The number of aromatic nitrogens is 1. The molecule has 2 aliphatic rings. The minimum absolute atomic E-state index is 0.336. The van der Waals surface area contributed by atoms with Crippen molar-refractivity contribution in [2.75, 3.05) is 33.2 Å². The molecule has 0 atom stereocenters. The monoisotopic (exact) mass is 289 g/mol. The fraction of sp³-hybridized carbons (Fsp3) is 0.706. The largest absolute Gasteiger partial charge is 0.365 e. The number of likely N-dealkylation sites (tertiary alicyclic amines) is 2. The van der Waals surface area contributed by atoms with Crippen molar-refractivity contribution in [3.8, 4) is 0 Å². The summed E-state index contributed by atoms with van der Waals surface area (Å²) in [5.41, 5.74) is 1.57. The van der Waals surface area contributed by atoms with E-state index in [4.69, 9.17) is 0 Å². The number of nitrogens with one attached hydrogen (secondary N) is 1. The van der Waals surface area contributed by atoms with Crippen LogP contribution in [-0.2, 0) is 11.2 Å². The maximum Gasteiger partial charge on any atom is 0.222 e. The van der Waals surface area contributed by atoms with Crippen LogP contribution in [0.25, 0.3) is 0 Å². The van der Waals surface area contributed by atoms with Crippen LogP contribution in [0.4, 0.5) is 0 Å². The van der Waals surface area contributed by atoms with Crippen LogP contribution < -0.4 is 0 Å². The number of amides is 1. The van der Waals surface area contributed by atoms with Crippen molar-refractivity contribution in [2.45, 2.75) is 38.5 Å². The molecule has 1 aromatic rings. The zero-order valence-corrected chi connectivity index (χ0v) is 13.1. The number of H-pyrrole nitrogens is 1. The maximum absolute atomic E-state index is 12.5. The van der Waals surface area contributed by atoms with Gasteiger partial charge in [0.25, 0.3) is 0 Å². The first kappa shape index (κ1) is 14.6. The van der Waals surface area contributed by atoms with Crippen molar-refractivity contribution in [1.82, 2.24) is 14.8 Å². The zero-order valence-electron chi connectivity index (χ0n) is 13.1. The van der Waals surface area contributed by atoms with E-state index in [1.54, 1.807) is 0 Å². The average Bonchev–Trinajstić information content (AvgIpc) is 3.02. The standard InChI is InChI=1S/C17H27N3O/c1-19-12-8-17(9-13-19)7-3-11-20(14-17)16(21)6-5-15-4-2-10-18-15/h2,4,10,18H,3,5-9,11-14H2,1H3. The summed E-state index contributed by atoms with van der Waals surface area (Å²) in [5, 5.41) is 0. The van der Waals surface area contributed by atoms with Gasteiger partial charge in [0.2, 0.25) is 5.91 Å². The number of carbonyl (C=O) groups is 1. The van der Waals surface area contributed by atoms with E-state index in [1.165, 1.54) is 38.8 Å². The van der Waals surface area contributed by atoms with Crippen molar-refractivity contribution in [2.24, 2.45) is 5.41 Å². The van der Waals surface area contributed by atoms with Crippen molar-refractivity contribution in [1.29, 1.82) is 0 Å². The first-order valence-electron chi connectivity index (χ1n) is 8.26. The highest BCUT2D eigenvalue weighted by Crippen LogP contribution is 2.39. The van der Waals surface area contributed by atoms with Crippen molar-refractivity contribution < 1.29 is 4.79 Å². The Morgan fingerprint density at radius 3 is 2.81 bits per heavy atom. The molecule has 4 heteroatoms. The molecule has 1 amide bonds. The molecule has 0 saturated carbocycles. The normalized spacial score (nSPS) is 22.6. The first-order valence-corrected chi connectivity index (χ1v) is 8.26. The van der Waals surface area contributed by atoms with Gasteiger partial charge in [0.05, 0.1) is 0 Å². The lowest BCUT2D eigenvalue weighted by Gasteiger charge is -2.47. The molecule has 3 rings (SSSR count). The summed E-state index contributed by atoms with van der Waals surface area (Å²) >= 11 is 0. The molecule has 0 unspecified atom stereocenters. The summed E-state index contributed by atoms with van der Waals surface area (Å²) in [4.78, 5) is 20.2. The molecule has 0 aliphatic carbocycles. The third-order valence-corrected chi connectivity index (χ3v) is 5.33. The molecule has 21 heavy (non-hydrogen) atoms. The molecule has 2 fully saturated rings. The lowest BCUT2D eigenvalue weighted by Crippen LogP contribution is -2.50. The second-order valence-electron chi connectivity index (χ2n) is 6.92. The van der Waals surface area contributed by atoms with E-state index in [9.17, 15) is 4.79 Å². The number of carbonyl (C=O) groups excluding carboxylic acids is 1. The van der Waals surface area contributed by atoms with Crippen molar-refractivity contribution >= 4 is 5.91 Å². The van der Waals surface area contributed by atoms with Crippen molar-refractivity contribution in [3.63, 3.8) is 0 Å². The van der Waals surface area contributed by atoms with Gasteiger partial charge in [-0.05, 0) is 69.8 Å². The summed E-state index contributed by atoms with van der Waals surface area (Å²) in [6, 6.07) is 4.05. The highest BCUT2D eigenvalue weighted by Gasteiger charge is 2.38. The summed E-state index contributed by atoms with van der Waals surface area (Å²) in [6.45, 7) is 4.32. The number of hydrogen-bond acceptors (Lipinski definition) is 2. The smallest absolute Gasteiger partial charge is 0.222 e. The molecule has 4 nitrogen and oxygen atoms in total. The van der Waals surface area contributed by atoms with E-state index in [0.29, 0.717) is 17.7 Å². The van der Waals surface area contributed by atoms with E-state index < -0.39 is 0 Å². The van der Waals surface area contributed by atoms with Gasteiger partial charge in [0.15, 0.2) is 0 Å². The van der Waals surface area contributed by atoms with Gasteiger partial charge < -0.3 is 14.8 Å². The van der Waals surface area contributed by atoms with Crippen LogP contribution in [0, 0.1) is 5.41 Å². The lowest BCUT2D eigenvalue weighted by atomic mass is 9.72. The summed E-state index contributed by atoms with van der Waals surface area (Å²) in [5.74, 6) is 0.336. The van der Waals surface area contributed by atoms with Gasteiger partial charge in [0, 0.05) is 31.4 Å². The molecule has 116 valence electrons. The van der Waals surface area contributed by atoms with Gasteiger partial charge in [-0.2, -0.15) is 0 Å². The lowest BCUT2D eigenvalue weighted by molar-refractivity contribution is -0.135. The molecule has 2 aliphatic heterocycles. The van der Waals surface area contributed by atoms with Gasteiger partial charge in [-0.25, -0.2) is 0 Å². The first-order chi connectivity index (χ1) is 10.2. The molecular weight excluding hydrogens is 262 g/mol. The Hall–Kier alpha value is -1.29. The Bertz CT molecular complexity index is 460. The predicted molar refractivity (Wildman–Crippen MR) is 84.1 cm³/mol. The Morgan fingerprint density at radius 2 is 2.10 bits per heavy atom. The predicted octanol–water partition coefficient (Wildman–Crippen LogP) is 2.28. The molecule has 1 aromatic heterocycles. The second kappa shape index (κ2) is 6.22. The fourth-order valence-corrected chi connectivity index (χ4v) is 3.84. The van der Waals surface area contributed by atoms with Gasteiger partial charge in [-0.3, -0.25) is 4.79 Å². The summed E-state index contributed by atoms with van der Waals surface area (Å²) in [6.07, 6.45) is 8.38. The fourth-order valence-electron chi connectivity index (χ4n) is 3.84. The zero-order chi connectivity index (χ0) is 14.7. The maximum atomic E-state index is 12.5. The van der Waals surface area contributed by atoms with Crippen LogP contribution in [0.5, 0.6) is 0 Å². The minimum Gasteiger partial charge on any atom is -0.365 e. The van der Waals surface area contributed by atoms with Gasteiger partial charge in [-0.15, -0.1) is 0 Å². The van der Waals surface area contributed by atoms with Gasteiger partial charge >= 0.3 is 0 Å². The van der Waals surface area contributed by atoms with Crippen molar-refractivity contribution in [3.05, 3.63) is 24.0 Å². The molecule has 2 saturated heterocycles. The van der Waals surface area contributed by atoms with Gasteiger partial charge in [0.1, 0.15) is 0 Å². The summed E-state index contributed by atoms with van der Waals surface area (Å²) < 4.78 is 0. The van der Waals surface area contributed by atoms with Crippen LogP contribution in [0.1, 0.15) is 37.8 Å². The number of aryl methyl sites for hydroxylation is 1. The minimum atomic E-state index is 0.336. The molecule has 1 N–H and O–H groups in total. The second-order valence-corrected chi connectivity index (χ2v) is 6.92. The van der Waals surface area contributed by atoms with Crippen LogP contribution in [0.2, 0.25) is 0 Å². The molecule has 0 aromatic carbocycles. The number of aromatic amines is 1. The average molecular weight is 289 g/mol. The number of piperidine rings is 2. The van der Waals surface area contributed by atoms with E-state index in [1.807, 2.05) is 12.3 Å². The molecule has 0 bridgehead atoms. The Balaban J connectivity index is 1.54. The van der Waals surface area contributed by atoms with E-state index in [-0.39, 0.29) is 0 Å². The molecule has 0 radical (unpaired) electrons. The Kier molecular flexibility index (Phi) is 4.34. The molecular formula is C17H27N3O. The summed E-state index contributed by atoms with van der Waals surface area (Å²) in [7, 11) is 2.20. The van der Waals surface area contributed by atoms with Crippen LogP contribution in [0.3, 0.4) is 0 Å². The van der Waals surface area contributed by atoms with Gasteiger partial charge in [-0.1, -0.05) is 0 Å². The quantitative estimate of drug-likeness (QED) is 0.927. The Labute approximate surface area is 127 Å². The van der Waals surface area contributed by atoms with E-state index in [0.717, 1.165) is 25.2 Å². The van der Waals surface area contributed by atoms with Crippen LogP contribution in [-0.4, -0.2) is 53.9 Å².